The van der Waals surface area contributed by atoms with Crippen molar-refractivity contribution < 1.29 is 18.8 Å². The van der Waals surface area contributed by atoms with Crippen molar-refractivity contribution >= 4 is 35.5 Å². The van der Waals surface area contributed by atoms with Crippen LogP contribution in [0.2, 0.25) is 0 Å². The summed E-state index contributed by atoms with van der Waals surface area (Å²) in [5.74, 6) is -0.443. The molecule has 0 unspecified atom stereocenters. The third-order valence-electron chi connectivity index (χ3n) is 4.22. The fourth-order valence-corrected chi connectivity index (χ4v) is 3.73. The van der Waals surface area contributed by atoms with Gasteiger partial charge in [0.1, 0.15) is 6.54 Å². The maximum Gasteiger partial charge on any atom is 0.322 e. The average Bonchev–Trinajstić information content (AvgIpc) is 3.27. The van der Waals surface area contributed by atoms with Gasteiger partial charge in [0.15, 0.2) is 0 Å². The molecule has 1 N–H and O–H groups in total. The standard InChI is InChI=1S/C20H16N4O4S/c25-16(12-24-18(26)14-8-4-5-9-15(14)19(24)27)21-20-23-22-17(28-20)10-11-29-13-6-2-1-3-7-13/h1-9H,10-12H2,(H,21,23,25). The molecular weight excluding hydrogens is 392 g/mol. The minimum absolute atomic E-state index is 0.0636. The van der Waals surface area contributed by atoms with Crippen LogP contribution < -0.4 is 5.32 Å². The summed E-state index contributed by atoms with van der Waals surface area (Å²) < 4.78 is 5.42. The molecule has 0 saturated heterocycles. The second kappa shape index (κ2) is 8.27. The number of aromatic nitrogens is 2. The summed E-state index contributed by atoms with van der Waals surface area (Å²) in [5, 5.41) is 10.1. The first-order valence-corrected chi connectivity index (χ1v) is 9.85. The number of carbonyl (C=O) groups excluding carboxylic acids is 3. The lowest BCUT2D eigenvalue weighted by Crippen LogP contribution is -2.37. The quantitative estimate of drug-likeness (QED) is 0.473. The number of thioether (sulfide) groups is 1. The maximum absolute atomic E-state index is 12.3. The molecule has 0 saturated carbocycles. The number of imide groups is 1. The molecule has 2 heterocycles. The molecule has 3 aromatic rings. The number of fused-ring (bicyclic) bond motifs is 1. The first-order chi connectivity index (χ1) is 14.1. The Bertz CT molecular complexity index is 1030. The van der Waals surface area contributed by atoms with Gasteiger partial charge in [-0.3, -0.25) is 24.6 Å². The van der Waals surface area contributed by atoms with Crippen LogP contribution in [0.3, 0.4) is 0 Å². The lowest BCUT2D eigenvalue weighted by molar-refractivity contribution is -0.116. The number of carbonyl (C=O) groups is 3. The van der Waals surface area contributed by atoms with Gasteiger partial charge in [-0.15, -0.1) is 16.9 Å². The highest BCUT2D eigenvalue weighted by Gasteiger charge is 2.36. The van der Waals surface area contributed by atoms with Crippen molar-refractivity contribution in [1.82, 2.24) is 15.1 Å². The number of rotatable bonds is 7. The highest BCUT2D eigenvalue weighted by Crippen LogP contribution is 2.22. The second-order valence-electron chi connectivity index (χ2n) is 6.20. The molecule has 1 aromatic heterocycles. The van der Waals surface area contributed by atoms with Crippen LogP contribution in [-0.4, -0.2) is 45.1 Å². The van der Waals surface area contributed by atoms with Crippen molar-refractivity contribution in [1.29, 1.82) is 0 Å². The van der Waals surface area contributed by atoms with E-state index in [-0.39, 0.29) is 6.01 Å². The van der Waals surface area contributed by atoms with Crippen molar-refractivity contribution in [2.24, 2.45) is 0 Å². The van der Waals surface area contributed by atoms with Gasteiger partial charge in [0.05, 0.1) is 11.1 Å². The van der Waals surface area contributed by atoms with E-state index in [1.807, 2.05) is 30.3 Å². The van der Waals surface area contributed by atoms with Crippen LogP contribution in [0.5, 0.6) is 0 Å². The molecule has 3 amide bonds. The Labute approximate surface area is 170 Å². The van der Waals surface area contributed by atoms with Crippen molar-refractivity contribution in [3.05, 3.63) is 71.6 Å². The van der Waals surface area contributed by atoms with Crippen molar-refractivity contribution in [3.8, 4) is 0 Å². The number of nitrogens with one attached hydrogen (secondary N) is 1. The van der Waals surface area contributed by atoms with Gasteiger partial charge in [0.2, 0.25) is 11.8 Å². The van der Waals surface area contributed by atoms with Crippen molar-refractivity contribution in [2.45, 2.75) is 11.3 Å². The first-order valence-electron chi connectivity index (χ1n) is 8.87. The lowest BCUT2D eigenvalue weighted by Gasteiger charge is -2.12. The van der Waals surface area contributed by atoms with E-state index < -0.39 is 24.3 Å². The van der Waals surface area contributed by atoms with Crippen molar-refractivity contribution in [2.75, 3.05) is 17.6 Å². The van der Waals surface area contributed by atoms with Gasteiger partial charge in [-0.05, 0) is 24.3 Å². The van der Waals surface area contributed by atoms with E-state index in [0.29, 0.717) is 23.4 Å². The molecular formula is C20H16N4O4S. The van der Waals surface area contributed by atoms with Gasteiger partial charge in [-0.1, -0.05) is 35.4 Å². The Kier molecular flexibility index (Phi) is 5.39. The number of aryl methyl sites for hydroxylation is 1. The van der Waals surface area contributed by atoms with E-state index in [4.69, 9.17) is 4.42 Å². The van der Waals surface area contributed by atoms with Crippen LogP contribution in [0.25, 0.3) is 0 Å². The zero-order valence-electron chi connectivity index (χ0n) is 15.2. The molecule has 29 heavy (non-hydrogen) atoms. The van der Waals surface area contributed by atoms with E-state index >= 15 is 0 Å². The smallest absolute Gasteiger partial charge is 0.322 e. The van der Waals surface area contributed by atoms with Gasteiger partial charge in [0, 0.05) is 17.1 Å². The first kappa shape index (κ1) is 18.9. The van der Waals surface area contributed by atoms with Crippen LogP contribution in [0.4, 0.5) is 6.01 Å². The largest absolute Gasteiger partial charge is 0.408 e. The summed E-state index contributed by atoms with van der Waals surface area (Å²) in [6.45, 7) is -0.423. The minimum atomic E-state index is -0.589. The lowest BCUT2D eigenvalue weighted by atomic mass is 10.1. The maximum atomic E-state index is 12.3. The summed E-state index contributed by atoms with van der Waals surface area (Å²) in [5.41, 5.74) is 0.586. The van der Waals surface area contributed by atoms with Crippen LogP contribution in [-0.2, 0) is 11.2 Å². The van der Waals surface area contributed by atoms with Gasteiger partial charge in [-0.25, -0.2) is 0 Å². The van der Waals surface area contributed by atoms with Crippen molar-refractivity contribution in [3.63, 3.8) is 0 Å². The predicted molar refractivity (Wildman–Crippen MR) is 106 cm³/mol. The third-order valence-corrected chi connectivity index (χ3v) is 5.23. The van der Waals surface area contributed by atoms with Gasteiger partial charge in [0.25, 0.3) is 11.8 Å². The SMILES string of the molecule is O=C(CN1C(=O)c2ccccc2C1=O)Nc1nnc(CCSc2ccccc2)o1. The molecule has 0 fully saturated rings. The number of hydrogen-bond donors (Lipinski definition) is 1. The Morgan fingerprint density at radius 3 is 2.31 bits per heavy atom. The highest BCUT2D eigenvalue weighted by atomic mass is 32.2. The summed E-state index contributed by atoms with van der Waals surface area (Å²) in [6, 6.07) is 16.3. The molecule has 2 aromatic carbocycles. The number of benzene rings is 2. The number of nitrogens with zero attached hydrogens (tertiary/aromatic N) is 3. The molecule has 8 nitrogen and oxygen atoms in total. The summed E-state index contributed by atoms with van der Waals surface area (Å²) in [6.07, 6.45) is 0.542. The van der Waals surface area contributed by atoms with Crippen LogP contribution in [0, 0.1) is 0 Å². The van der Waals surface area contributed by atoms with Crippen LogP contribution >= 0.6 is 11.8 Å². The van der Waals surface area contributed by atoms with Crippen LogP contribution in [0.1, 0.15) is 26.6 Å². The third kappa shape index (κ3) is 4.19. The molecule has 9 heteroatoms. The zero-order valence-corrected chi connectivity index (χ0v) is 16.0. The summed E-state index contributed by atoms with van der Waals surface area (Å²) in [7, 11) is 0. The average molecular weight is 408 g/mol. The van der Waals surface area contributed by atoms with Gasteiger partial charge >= 0.3 is 6.01 Å². The summed E-state index contributed by atoms with van der Waals surface area (Å²) in [4.78, 5) is 38.9. The van der Waals surface area contributed by atoms with E-state index in [1.54, 1.807) is 36.0 Å². The normalized spacial score (nSPS) is 12.9. The van der Waals surface area contributed by atoms with Gasteiger partial charge < -0.3 is 4.42 Å². The van der Waals surface area contributed by atoms with E-state index in [2.05, 4.69) is 15.5 Å². The van der Waals surface area contributed by atoms with E-state index in [1.165, 1.54) is 0 Å². The topological polar surface area (TPSA) is 105 Å². The molecule has 1 aliphatic rings. The fraction of sp³-hybridized carbons (Fsp3) is 0.150. The highest BCUT2D eigenvalue weighted by molar-refractivity contribution is 7.99. The molecule has 1 aliphatic heterocycles. The zero-order chi connectivity index (χ0) is 20.2. The fourth-order valence-electron chi connectivity index (χ4n) is 2.86. The van der Waals surface area contributed by atoms with Crippen LogP contribution in [0.15, 0.2) is 63.9 Å². The Morgan fingerprint density at radius 2 is 1.62 bits per heavy atom. The molecule has 0 bridgehead atoms. The minimum Gasteiger partial charge on any atom is -0.408 e. The molecule has 4 rings (SSSR count). The molecule has 0 atom stereocenters. The van der Waals surface area contributed by atoms with E-state index in [0.717, 1.165) is 15.5 Å². The Balaban J connectivity index is 1.29. The molecule has 0 spiro atoms. The number of amides is 3. The molecule has 0 radical (unpaired) electrons. The predicted octanol–water partition coefficient (Wildman–Crippen LogP) is 2.64. The monoisotopic (exact) mass is 408 g/mol. The van der Waals surface area contributed by atoms with E-state index in [9.17, 15) is 14.4 Å². The Morgan fingerprint density at radius 1 is 0.966 bits per heavy atom. The Hall–Kier alpha value is -3.46. The van der Waals surface area contributed by atoms with Gasteiger partial charge in [-0.2, -0.15) is 0 Å². The summed E-state index contributed by atoms with van der Waals surface area (Å²) >= 11 is 1.66. The molecule has 0 aliphatic carbocycles. The molecule has 146 valence electrons. The number of hydrogen-bond acceptors (Lipinski definition) is 7. The number of anilines is 1. The second-order valence-corrected chi connectivity index (χ2v) is 7.37.